The van der Waals surface area contributed by atoms with Gasteiger partial charge in [0, 0.05) is 29.5 Å². The number of rotatable bonds is 5. The monoisotopic (exact) mass is 303 g/mol. The van der Waals surface area contributed by atoms with Crippen LogP contribution in [0.4, 0.5) is 5.69 Å². The SMILES string of the molecule is CC(C)Nc1ccnc(C(=O)NCc2ccccc2Cl)c1. The van der Waals surface area contributed by atoms with Crippen molar-refractivity contribution in [1.29, 1.82) is 0 Å². The summed E-state index contributed by atoms with van der Waals surface area (Å²) in [6.45, 7) is 4.46. The Hall–Kier alpha value is -2.07. The van der Waals surface area contributed by atoms with Crippen molar-refractivity contribution in [3.63, 3.8) is 0 Å². The number of nitrogens with zero attached hydrogens (tertiary/aromatic N) is 1. The van der Waals surface area contributed by atoms with Crippen LogP contribution in [-0.2, 0) is 6.54 Å². The molecule has 0 unspecified atom stereocenters. The first-order chi connectivity index (χ1) is 10.1. The molecule has 0 radical (unpaired) electrons. The summed E-state index contributed by atoms with van der Waals surface area (Å²) < 4.78 is 0. The summed E-state index contributed by atoms with van der Waals surface area (Å²) >= 11 is 6.06. The van der Waals surface area contributed by atoms with Gasteiger partial charge in [-0.3, -0.25) is 9.78 Å². The number of carbonyl (C=O) groups excluding carboxylic acids is 1. The summed E-state index contributed by atoms with van der Waals surface area (Å²) in [6, 6.07) is 11.3. The van der Waals surface area contributed by atoms with Gasteiger partial charge in [-0.15, -0.1) is 0 Å². The Morgan fingerprint density at radius 3 is 2.76 bits per heavy atom. The number of nitrogens with one attached hydrogen (secondary N) is 2. The summed E-state index contributed by atoms with van der Waals surface area (Å²) in [7, 11) is 0. The number of halogens is 1. The van der Waals surface area contributed by atoms with Gasteiger partial charge in [0.25, 0.3) is 5.91 Å². The van der Waals surface area contributed by atoms with Crippen LogP contribution in [0.1, 0.15) is 29.9 Å². The molecule has 0 saturated heterocycles. The van der Waals surface area contributed by atoms with Gasteiger partial charge in [0.2, 0.25) is 0 Å². The third kappa shape index (κ3) is 4.46. The van der Waals surface area contributed by atoms with E-state index in [4.69, 9.17) is 11.6 Å². The van der Waals surface area contributed by atoms with E-state index in [1.165, 1.54) is 0 Å². The van der Waals surface area contributed by atoms with E-state index in [1.807, 2.05) is 38.1 Å². The molecule has 0 fully saturated rings. The first-order valence-electron chi connectivity index (χ1n) is 6.80. The first kappa shape index (κ1) is 15.3. The Labute approximate surface area is 129 Å². The number of pyridine rings is 1. The molecule has 110 valence electrons. The Kier molecular flexibility index (Phi) is 5.17. The number of benzene rings is 1. The van der Waals surface area contributed by atoms with Crippen molar-refractivity contribution in [3.05, 3.63) is 58.9 Å². The highest BCUT2D eigenvalue weighted by atomic mass is 35.5. The van der Waals surface area contributed by atoms with Crippen LogP contribution in [0.3, 0.4) is 0 Å². The minimum atomic E-state index is -0.220. The molecule has 5 heteroatoms. The molecule has 1 aromatic carbocycles. The van der Waals surface area contributed by atoms with Crippen LogP contribution < -0.4 is 10.6 Å². The first-order valence-corrected chi connectivity index (χ1v) is 7.18. The van der Waals surface area contributed by atoms with Gasteiger partial charge in [-0.05, 0) is 37.6 Å². The molecule has 2 rings (SSSR count). The maximum Gasteiger partial charge on any atom is 0.270 e. The van der Waals surface area contributed by atoms with E-state index in [0.29, 0.717) is 23.3 Å². The number of aromatic nitrogens is 1. The number of anilines is 1. The van der Waals surface area contributed by atoms with Crippen molar-refractivity contribution < 1.29 is 4.79 Å². The molecule has 2 aromatic rings. The molecule has 21 heavy (non-hydrogen) atoms. The van der Waals surface area contributed by atoms with Crippen LogP contribution >= 0.6 is 11.6 Å². The number of hydrogen-bond acceptors (Lipinski definition) is 3. The van der Waals surface area contributed by atoms with Crippen molar-refractivity contribution in [2.45, 2.75) is 26.4 Å². The van der Waals surface area contributed by atoms with Gasteiger partial charge in [-0.1, -0.05) is 29.8 Å². The van der Waals surface area contributed by atoms with E-state index < -0.39 is 0 Å². The lowest BCUT2D eigenvalue weighted by Crippen LogP contribution is -2.24. The maximum absolute atomic E-state index is 12.1. The largest absolute Gasteiger partial charge is 0.383 e. The van der Waals surface area contributed by atoms with Crippen molar-refractivity contribution >= 4 is 23.2 Å². The molecule has 0 atom stereocenters. The Morgan fingerprint density at radius 1 is 1.29 bits per heavy atom. The Morgan fingerprint density at radius 2 is 2.05 bits per heavy atom. The zero-order valence-corrected chi connectivity index (χ0v) is 12.8. The van der Waals surface area contributed by atoms with Gasteiger partial charge < -0.3 is 10.6 Å². The van der Waals surface area contributed by atoms with Crippen LogP contribution in [0.2, 0.25) is 5.02 Å². The zero-order chi connectivity index (χ0) is 15.2. The van der Waals surface area contributed by atoms with Crippen LogP contribution in [0.5, 0.6) is 0 Å². The second kappa shape index (κ2) is 7.09. The summed E-state index contributed by atoms with van der Waals surface area (Å²) in [4.78, 5) is 16.2. The molecule has 0 aliphatic rings. The van der Waals surface area contributed by atoms with E-state index in [0.717, 1.165) is 11.3 Å². The fraction of sp³-hybridized carbons (Fsp3) is 0.250. The van der Waals surface area contributed by atoms with Crippen LogP contribution in [0.15, 0.2) is 42.6 Å². The lowest BCUT2D eigenvalue weighted by Gasteiger charge is -2.11. The maximum atomic E-state index is 12.1. The normalized spacial score (nSPS) is 10.5. The number of amides is 1. The lowest BCUT2D eigenvalue weighted by molar-refractivity contribution is 0.0946. The molecule has 0 aliphatic heterocycles. The fourth-order valence-corrected chi connectivity index (χ4v) is 2.09. The van der Waals surface area contributed by atoms with Gasteiger partial charge in [0.1, 0.15) is 5.69 Å². The highest BCUT2D eigenvalue weighted by Gasteiger charge is 2.09. The summed E-state index contributed by atoms with van der Waals surface area (Å²) in [6.07, 6.45) is 1.62. The van der Waals surface area contributed by atoms with E-state index in [-0.39, 0.29) is 5.91 Å². The van der Waals surface area contributed by atoms with Gasteiger partial charge >= 0.3 is 0 Å². The van der Waals surface area contributed by atoms with Crippen molar-refractivity contribution in [2.24, 2.45) is 0 Å². The highest BCUT2D eigenvalue weighted by Crippen LogP contribution is 2.15. The number of carbonyl (C=O) groups is 1. The Bertz CT molecular complexity index is 628. The third-order valence-electron chi connectivity index (χ3n) is 2.85. The minimum Gasteiger partial charge on any atom is -0.383 e. The summed E-state index contributed by atoms with van der Waals surface area (Å²) in [5.74, 6) is -0.220. The van der Waals surface area contributed by atoms with Gasteiger partial charge in [-0.25, -0.2) is 0 Å². The average molecular weight is 304 g/mol. The molecule has 0 bridgehead atoms. The predicted octanol–water partition coefficient (Wildman–Crippen LogP) is 3.49. The molecule has 4 nitrogen and oxygen atoms in total. The molecular weight excluding hydrogens is 286 g/mol. The minimum absolute atomic E-state index is 0.220. The van der Waals surface area contributed by atoms with Crippen LogP contribution in [0, 0.1) is 0 Å². The van der Waals surface area contributed by atoms with E-state index in [1.54, 1.807) is 18.3 Å². The molecule has 0 saturated carbocycles. The van der Waals surface area contributed by atoms with E-state index >= 15 is 0 Å². The van der Waals surface area contributed by atoms with Crippen LogP contribution in [0.25, 0.3) is 0 Å². The predicted molar refractivity (Wildman–Crippen MR) is 85.6 cm³/mol. The lowest BCUT2D eigenvalue weighted by atomic mass is 10.2. The highest BCUT2D eigenvalue weighted by molar-refractivity contribution is 6.31. The second-order valence-electron chi connectivity index (χ2n) is 5.00. The third-order valence-corrected chi connectivity index (χ3v) is 3.21. The summed E-state index contributed by atoms with van der Waals surface area (Å²) in [5.41, 5.74) is 2.14. The molecule has 0 aliphatic carbocycles. The molecule has 1 aromatic heterocycles. The zero-order valence-electron chi connectivity index (χ0n) is 12.1. The van der Waals surface area contributed by atoms with Gasteiger partial charge in [0.15, 0.2) is 0 Å². The molecule has 1 amide bonds. The van der Waals surface area contributed by atoms with Crippen molar-refractivity contribution in [2.75, 3.05) is 5.32 Å². The van der Waals surface area contributed by atoms with E-state index in [9.17, 15) is 4.79 Å². The molecular formula is C16H18ClN3O. The van der Waals surface area contributed by atoms with Gasteiger partial charge in [0.05, 0.1) is 0 Å². The van der Waals surface area contributed by atoms with Crippen LogP contribution in [-0.4, -0.2) is 16.9 Å². The topological polar surface area (TPSA) is 54.0 Å². The van der Waals surface area contributed by atoms with Crippen molar-refractivity contribution in [1.82, 2.24) is 10.3 Å². The fourth-order valence-electron chi connectivity index (χ4n) is 1.89. The van der Waals surface area contributed by atoms with E-state index in [2.05, 4.69) is 15.6 Å². The summed E-state index contributed by atoms with van der Waals surface area (Å²) in [5, 5.41) is 6.70. The molecule has 2 N–H and O–H groups in total. The van der Waals surface area contributed by atoms with Crippen molar-refractivity contribution in [3.8, 4) is 0 Å². The quantitative estimate of drug-likeness (QED) is 0.889. The second-order valence-corrected chi connectivity index (χ2v) is 5.41. The van der Waals surface area contributed by atoms with Gasteiger partial charge in [-0.2, -0.15) is 0 Å². The average Bonchev–Trinajstić information content (AvgIpc) is 2.45. The smallest absolute Gasteiger partial charge is 0.270 e. The standard InChI is InChI=1S/C16H18ClN3O/c1-11(2)20-13-7-8-18-15(9-13)16(21)19-10-12-5-3-4-6-14(12)17/h3-9,11H,10H2,1-2H3,(H,18,20)(H,19,21). The Balaban J connectivity index is 2.02. The number of hydrogen-bond donors (Lipinski definition) is 2. The molecule has 1 heterocycles. The molecule has 0 spiro atoms.